The van der Waals surface area contributed by atoms with E-state index < -0.39 is 17.1 Å². The van der Waals surface area contributed by atoms with Crippen LogP contribution in [-0.2, 0) is 19.6 Å². The van der Waals surface area contributed by atoms with E-state index in [9.17, 15) is 19.1 Å². The van der Waals surface area contributed by atoms with Gasteiger partial charge >= 0.3 is 5.69 Å². The molecule has 194 valence electrons. The van der Waals surface area contributed by atoms with Crippen molar-refractivity contribution in [3.8, 4) is 17.3 Å². The summed E-state index contributed by atoms with van der Waals surface area (Å²) < 4.78 is 24.8. The fourth-order valence-electron chi connectivity index (χ4n) is 4.44. The van der Waals surface area contributed by atoms with Gasteiger partial charge in [0.15, 0.2) is 11.2 Å². The van der Waals surface area contributed by atoms with Crippen molar-refractivity contribution < 1.29 is 14.2 Å². The summed E-state index contributed by atoms with van der Waals surface area (Å²) in [5.41, 5.74) is 0.200. The molecule has 0 atom stereocenters. The van der Waals surface area contributed by atoms with Crippen LogP contribution in [0.1, 0.15) is 38.2 Å². The molecular formula is C26H27ClFN5O4. The monoisotopic (exact) mass is 527 g/mol. The number of aryl methyl sites for hydroxylation is 1. The predicted molar refractivity (Wildman–Crippen MR) is 138 cm³/mol. The first kappa shape index (κ1) is 25.2. The molecule has 0 amide bonds. The third-order valence-electron chi connectivity index (χ3n) is 6.65. The third-order valence-corrected chi connectivity index (χ3v) is 6.88. The van der Waals surface area contributed by atoms with Crippen molar-refractivity contribution in [1.82, 2.24) is 23.7 Å². The Labute approximate surface area is 216 Å². The maximum absolute atomic E-state index is 14.8. The SMILES string of the molecule is CCn1c(=O)n(CCCO)c(=O)c2c1nc(-c1ccc(OC3CCC3)nc1)n2Cc1ccc(Cl)cc1F. The number of imidazole rings is 1. The predicted octanol–water partition coefficient (Wildman–Crippen LogP) is 3.60. The van der Waals surface area contributed by atoms with E-state index in [1.165, 1.54) is 10.6 Å². The molecule has 1 saturated carbocycles. The first-order chi connectivity index (χ1) is 17.9. The topological polar surface area (TPSA) is 104 Å². The van der Waals surface area contributed by atoms with Gasteiger partial charge in [0.1, 0.15) is 17.7 Å². The van der Waals surface area contributed by atoms with E-state index in [0.29, 0.717) is 22.8 Å². The van der Waals surface area contributed by atoms with Crippen LogP contribution in [0.25, 0.3) is 22.6 Å². The first-order valence-corrected chi connectivity index (χ1v) is 12.7. The van der Waals surface area contributed by atoms with E-state index in [-0.39, 0.29) is 55.0 Å². The lowest BCUT2D eigenvalue weighted by Crippen LogP contribution is -2.40. The number of ether oxygens (including phenoxy) is 1. The van der Waals surface area contributed by atoms with Gasteiger partial charge in [0, 0.05) is 48.1 Å². The number of aromatic nitrogens is 5. The van der Waals surface area contributed by atoms with Crippen molar-refractivity contribution >= 4 is 22.8 Å². The van der Waals surface area contributed by atoms with Gasteiger partial charge in [-0.05, 0) is 50.8 Å². The molecule has 0 saturated heterocycles. The number of pyridine rings is 1. The van der Waals surface area contributed by atoms with Crippen LogP contribution < -0.4 is 16.0 Å². The van der Waals surface area contributed by atoms with E-state index in [1.807, 2.05) is 0 Å². The molecular weight excluding hydrogens is 501 g/mol. The van der Waals surface area contributed by atoms with E-state index >= 15 is 0 Å². The summed E-state index contributed by atoms with van der Waals surface area (Å²) >= 11 is 5.95. The second-order valence-corrected chi connectivity index (χ2v) is 9.48. The first-order valence-electron chi connectivity index (χ1n) is 12.3. The maximum Gasteiger partial charge on any atom is 0.332 e. The third kappa shape index (κ3) is 4.78. The minimum absolute atomic E-state index is 0.0215. The number of aliphatic hydroxyl groups excluding tert-OH is 1. The molecule has 1 N–H and O–H groups in total. The molecule has 0 aliphatic heterocycles. The fraction of sp³-hybridized carbons (Fsp3) is 0.385. The lowest BCUT2D eigenvalue weighted by molar-refractivity contribution is 0.114. The molecule has 9 nitrogen and oxygen atoms in total. The zero-order valence-corrected chi connectivity index (χ0v) is 21.1. The quantitative estimate of drug-likeness (QED) is 0.357. The number of hydrogen-bond donors (Lipinski definition) is 1. The van der Waals surface area contributed by atoms with Gasteiger partial charge in [-0.25, -0.2) is 19.2 Å². The average Bonchev–Trinajstić information content (AvgIpc) is 3.23. The average molecular weight is 528 g/mol. The van der Waals surface area contributed by atoms with Crippen LogP contribution in [0.3, 0.4) is 0 Å². The minimum atomic E-state index is -0.552. The smallest absolute Gasteiger partial charge is 0.332 e. The minimum Gasteiger partial charge on any atom is -0.474 e. The normalized spacial score (nSPS) is 13.7. The van der Waals surface area contributed by atoms with Crippen LogP contribution in [0.2, 0.25) is 5.02 Å². The van der Waals surface area contributed by atoms with Gasteiger partial charge < -0.3 is 14.4 Å². The lowest BCUT2D eigenvalue weighted by Gasteiger charge is -2.25. The van der Waals surface area contributed by atoms with Crippen molar-refractivity contribution in [2.75, 3.05) is 6.61 Å². The number of benzene rings is 1. The highest BCUT2D eigenvalue weighted by Crippen LogP contribution is 2.28. The van der Waals surface area contributed by atoms with Crippen molar-refractivity contribution in [3.63, 3.8) is 0 Å². The standard InChI is InChI=1S/C26H27ClFN5O4/c1-2-31-24-22(25(35)32(26(31)36)11-4-12-34)33(15-17-7-9-18(27)13-20(17)28)23(30-24)16-8-10-21(29-14-16)37-19-5-3-6-19/h7-10,13-14,19,34H,2-6,11-12,15H2,1H3. The van der Waals surface area contributed by atoms with E-state index in [1.54, 1.807) is 42.0 Å². The molecule has 5 rings (SSSR count). The molecule has 3 heterocycles. The van der Waals surface area contributed by atoms with E-state index in [2.05, 4.69) is 4.98 Å². The number of nitrogens with zero attached hydrogens (tertiary/aromatic N) is 5. The zero-order valence-electron chi connectivity index (χ0n) is 20.4. The number of hydrogen-bond acceptors (Lipinski definition) is 6. The molecule has 1 aromatic carbocycles. The summed E-state index contributed by atoms with van der Waals surface area (Å²) in [4.78, 5) is 35.8. The van der Waals surface area contributed by atoms with Crippen LogP contribution in [0.15, 0.2) is 46.1 Å². The molecule has 0 unspecified atom stereocenters. The van der Waals surface area contributed by atoms with Gasteiger partial charge in [-0.2, -0.15) is 0 Å². The molecule has 37 heavy (non-hydrogen) atoms. The summed E-state index contributed by atoms with van der Waals surface area (Å²) in [6.45, 7) is 1.92. The van der Waals surface area contributed by atoms with Crippen molar-refractivity contribution in [1.29, 1.82) is 0 Å². The Morgan fingerprint density at radius 1 is 1.16 bits per heavy atom. The van der Waals surface area contributed by atoms with Gasteiger partial charge in [-0.1, -0.05) is 17.7 Å². The summed E-state index contributed by atoms with van der Waals surface area (Å²) in [5.74, 6) is 0.342. The van der Waals surface area contributed by atoms with Crippen LogP contribution in [0, 0.1) is 5.82 Å². The largest absolute Gasteiger partial charge is 0.474 e. The Morgan fingerprint density at radius 3 is 2.59 bits per heavy atom. The van der Waals surface area contributed by atoms with Gasteiger partial charge in [-0.3, -0.25) is 13.9 Å². The number of aliphatic hydroxyl groups is 1. The summed E-state index contributed by atoms with van der Waals surface area (Å²) in [7, 11) is 0. The molecule has 0 bridgehead atoms. The van der Waals surface area contributed by atoms with Crippen molar-refractivity contribution in [2.45, 2.75) is 58.3 Å². The van der Waals surface area contributed by atoms with Crippen LogP contribution in [0.4, 0.5) is 4.39 Å². The van der Waals surface area contributed by atoms with Gasteiger partial charge in [-0.15, -0.1) is 0 Å². The number of rotatable bonds is 9. The lowest BCUT2D eigenvalue weighted by atomic mass is 9.96. The molecule has 1 fully saturated rings. The van der Waals surface area contributed by atoms with Crippen LogP contribution in [-0.4, -0.2) is 41.5 Å². The Hall–Kier alpha value is -3.50. The molecule has 1 aliphatic carbocycles. The Balaban J connectivity index is 1.70. The van der Waals surface area contributed by atoms with Crippen molar-refractivity contribution in [3.05, 3.63) is 73.8 Å². The second-order valence-electron chi connectivity index (χ2n) is 9.05. The number of fused-ring (bicyclic) bond motifs is 1. The fourth-order valence-corrected chi connectivity index (χ4v) is 4.60. The van der Waals surface area contributed by atoms with Gasteiger partial charge in [0.25, 0.3) is 5.56 Å². The highest BCUT2D eigenvalue weighted by atomic mass is 35.5. The summed E-state index contributed by atoms with van der Waals surface area (Å²) in [6, 6.07) is 7.88. The summed E-state index contributed by atoms with van der Waals surface area (Å²) in [6.07, 6.45) is 5.16. The molecule has 1 aliphatic rings. The summed E-state index contributed by atoms with van der Waals surface area (Å²) in [5, 5.41) is 9.55. The van der Waals surface area contributed by atoms with Crippen LogP contribution in [0.5, 0.6) is 5.88 Å². The Bertz CT molecular complexity index is 1560. The zero-order chi connectivity index (χ0) is 26.1. The molecule has 0 radical (unpaired) electrons. The van der Waals surface area contributed by atoms with Crippen LogP contribution >= 0.6 is 11.6 Å². The Kier molecular flexibility index (Phi) is 7.12. The van der Waals surface area contributed by atoms with Crippen molar-refractivity contribution in [2.24, 2.45) is 0 Å². The molecule has 4 aromatic rings. The molecule has 11 heteroatoms. The van der Waals surface area contributed by atoms with E-state index in [0.717, 1.165) is 23.8 Å². The maximum atomic E-state index is 14.8. The Morgan fingerprint density at radius 2 is 1.97 bits per heavy atom. The second kappa shape index (κ2) is 10.5. The molecule has 3 aromatic heterocycles. The highest BCUT2D eigenvalue weighted by molar-refractivity contribution is 6.30. The van der Waals surface area contributed by atoms with Gasteiger partial charge in [0.05, 0.1) is 6.54 Å². The number of halogens is 2. The molecule has 0 spiro atoms. The highest BCUT2D eigenvalue weighted by Gasteiger charge is 2.24. The van der Waals surface area contributed by atoms with Gasteiger partial charge in [0.2, 0.25) is 5.88 Å². The van der Waals surface area contributed by atoms with E-state index in [4.69, 9.17) is 21.3 Å².